The van der Waals surface area contributed by atoms with Crippen LogP contribution in [0.3, 0.4) is 0 Å². The normalized spacial score (nSPS) is 14.4. The minimum Gasteiger partial charge on any atom is -0.481 e. The van der Waals surface area contributed by atoms with Crippen LogP contribution in [-0.2, 0) is 4.79 Å². The van der Waals surface area contributed by atoms with Crippen molar-refractivity contribution in [3.05, 3.63) is 0 Å². The standard InChI is InChI=1S/C6H13Cl2N.C2H4O2/c1-5(2)9-6(3,8)4-7;1-2(3)4/h5,9H,4H2,1-3H3;1H3,(H,3,4). The highest BCUT2D eigenvalue weighted by molar-refractivity contribution is 6.30. The van der Waals surface area contributed by atoms with Gasteiger partial charge in [0.15, 0.2) is 0 Å². The van der Waals surface area contributed by atoms with Crippen molar-refractivity contribution < 1.29 is 9.90 Å². The Bertz CT molecular complexity index is 145. The highest BCUT2D eigenvalue weighted by Gasteiger charge is 2.18. The lowest BCUT2D eigenvalue weighted by Crippen LogP contribution is -2.42. The molecule has 0 aromatic carbocycles. The zero-order valence-electron chi connectivity index (χ0n) is 8.40. The second kappa shape index (κ2) is 7.42. The summed E-state index contributed by atoms with van der Waals surface area (Å²) in [5.41, 5.74) is 0. The number of hydrogen-bond acceptors (Lipinski definition) is 2. The second-order valence-electron chi connectivity index (χ2n) is 3.15. The van der Waals surface area contributed by atoms with Crippen LogP contribution in [0, 0.1) is 0 Å². The molecule has 0 amide bonds. The summed E-state index contributed by atoms with van der Waals surface area (Å²) in [5.74, 6) is -0.410. The van der Waals surface area contributed by atoms with E-state index in [2.05, 4.69) is 5.32 Å². The molecule has 1 unspecified atom stereocenters. The van der Waals surface area contributed by atoms with E-state index in [0.717, 1.165) is 6.92 Å². The maximum Gasteiger partial charge on any atom is 0.300 e. The fourth-order valence-electron chi connectivity index (χ4n) is 0.640. The van der Waals surface area contributed by atoms with Crippen molar-refractivity contribution in [3.8, 4) is 0 Å². The first-order chi connectivity index (χ1) is 5.71. The van der Waals surface area contributed by atoms with E-state index in [-0.39, 0.29) is 0 Å². The summed E-state index contributed by atoms with van der Waals surface area (Å²) in [7, 11) is 0. The van der Waals surface area contributed by atoms with Crippen LogP contribution in [0.4, 0.5) is 0 Å². The summed E-state index contributed by atoms with van der Waals surface area (Å²) in [4.78, 5) is 8.55. The Balaban J connectivity index is 0. The molecule has 2 N–H and O–H groups in total. The van der Waals surface area contributed by atoms with E-state index in [1.54, 1.807) is 0 Å². The lowest BCUT2D eigenvalue weighted by molar-refractivity contribution is -0.134. The number of carboxylic acid groups (broad SMARTS) is 1. The van der Waals surface area contributed by atoms with Gasteiger partial charge in [-0.05, 0) is 20.8 Å². The number of aliphatic carboxylic acids is 1. The van der Waals surface area contributed by atoms with Gasteiger partial charge in [-0.1, -0.05) is 0 Å². The number of carbonyl (C=O) groups is 1. The van der Waals surface area contributed by atoms with Crippen LogP contribution in [0.25, 0.3) is 0 Å². The molecule has 0 fully saturated rings. The van der Waals surface area contributed by atoms with Gasteiger partial charge in [0.05, 0.1) is 5.88 Å². The number of halogens is 2. The SMILES string of the molecule is CC(=O)O.CC(C)NC(C)(Cl)CCl. The van der Waals surface area contributed by atoms with E-state index in [1.165, 1.54) is 0 Å². The lowest BCUT2D eigenvalue weighted by atomic mass is 10.3. The lowest BCUT2D eigenvalue weighted by Gasteiger charge is -2.23. The third-order valence-corrected chi connectivity index (χ3v) is 1.75. The van der Waals surface area contributed by atoms with Crippen molar-refractivity contribution in [1.82, 2.24) is 5.32 Å². The predicted molar refractivity (Wildman–Crippen MR) is 56.6 cm³/mol. The van der Waals surface area contributed by atoms with Gasteiger partial charge in [-0.3, -0.25) is 10.1 Å². The van der Waals surface area contributed by atoms with E-state index in [9.17, 15) is 0 Å². The fraction of sp³-hybridized carbons (Fsp3) is 0.875. The zero-order valence-corrected chi connectivity index (χ0v) is 9.91. The molecule has 1 atom stereocenters. The molecule has 0 aliphatic heterocycles. The maximum absolute atomic E-state index is 9.00. The van der Waals surface area contributed by atoms with Crippen LogP contribution in [-0.4, -0.2) is 28.0 Å². The van der Waals surface area contributed by atoms with Crippen LogP contribution >= 0.6 is 23.2 Å². The van der Waals surface area contributed by atoms with Gasteiger partial charge < -0.3 is 5.11 Å². The Morgan fingerprint density at radius 2 is 1.92 bits per heavy atom. The van der Waals surface area contributed by atoms with E-state index < -0.39 is 11.0 Å². The Morgan fingerprint density at radius 1 is 1.62 bits per heavy atom. The number of alkyl halides is 2. The molecule has 0 radical (unpaired) electrons. The number of nitrogens with one attached hydrogen (secondary N) is 1. The summed E-state index contributed by atoms with van der Waals surface area (Å²) < 4.78 is 0. The van der Waals surface area contributed by atoms with E-state index in [0.29, 0.717) is 11.9 Å². The van der Waals surface area contributed by atoms with Gasteiger partial charge >= 0.3 is 0 Å². The molecule has 0 aliphatic rings. The van der Waals surface area contributed by atoms with Crippen molar-refractivity contribution in [2.24, 2.45) is 0 Å². The first kappa shape index (κ1) is 15.5. The first-order valence-corrected chi connectivity index (χ1v) is 4.84. The largest absolute Gasteiger partial charge is 0.481 e. The average molecular weight is 230 g/mol. The quantitative estimate of drug-likeness (QED) is 0.577. The molecule has 0 bridgehead atoms. The van der Waals surface area contributed by atoms with Crippen LogP contribution < -0.4 is 5.32 Å². The Hall–Kier alpha value is 0.01000. The van der Waals surface area contributed by atoms with Gasteiger partial charge in [0.1, 0.15) is 5.00 Å². The van der Waals surface area contributed by atoms with E-state index >= 15 is 0 Å². The summed E-state index contributed by atoms with van der Waals surface area (Å²) in [6.45, 7) is 7.02. The van der Waals surface area contributed by atoms with Crippen LogP contribution in [0.1, 0.15) is 27.7 Å². The third kappa shape index (κ3) is 18.8. The summed E-state index contributed by atoms with van der Waals surface area (Å²) in [6, 6.07) is 0.381. The van der Waals surface area contributed by atoms with Gasteiger partial charge in [0.25, 0.3) is 5.97 Å². The highest BCUT2D eigenvalue weighted by Crippen LogP contribution is 2.12. The topological polar surface area (TPSA) is 49.3 Å². The smallest absolute Gasteiger partial charge is 0.300 e. The molecule has 0 aliphatic carbocycles. The zero-order chi connectivity index (χ0) is 11.1. The molecule has 0 rings (SSSR count). The van der Waals surface area contributed by atoms with Crippen LogP contribution in [0.2, 0.25) is 0 Å². The molecule has 13 heavy (non-hydrogen) atoms. The number of carboxylic acids is 1. The molecular weight excluding hydrogens is 213 g/mol. The minimum absolute atomic E-state index is 0.381. The third-order valence-electron chi connectivity index (χ3n) is 0.841. The predicted octanol–water partition coefficient (Wildman–Crippen LogP) is 2.27. The Kier molecular flexibility index (Phi) is 8.83. The Morgan fingerprint density at radius 3 is 2.00 bits per heavy atom. The van der Waals surface area contributed by atoms with Crippen molar-refractivity contribution in [3.63, 3.8) is 0 Å². The van der Waals surface area contributed by atoms with Crippen molar-refractivity contribution >= 4 is 29.2 Å². The van der Waals surface area contributed by atoms with Gasteiger partial charge in [0.2, 0.25) is 0 Å². The van der Waals surface area contributed by atoms with Crippen molar-refractivity contribution in [2.75, 3.05) is 5.88 Å². The van der Waals surface area contributed by atoms with Crippen molar-refractivity contribution in [1.29, 1.82) is 0 Å². The molecule has 0 saturated heterocycles. The minimum atomic E-state index is -0.833. The van der Waals surface area contributed by atoms with E-state index in [1.807, 2.05) is 20.8 Å². The summed E-state index contributed by atoms with van der Waals surface area (Å²) >= 11 is 11.4. The molecule has 0 aromatic heterocycles. The summed E-state index contributed by atoms with van der Waals surface area (Å²) in [5, 5.41) is 10.5. The molecule has 5 heteroatoms. The highest BCUT2D eigenvalue weighted by atomic mass is 35.5. The molecule has 80 valence electrons. The molecule has 0 saturated carbocycles. The van der Waals surface area contributed by atoms with Crippen LogP contribution in [0.5, 0.6) is 0 Å². The van der Waals surface area contributed by atoms with Crippen molar-refractivity contribution in [2.45, 2.75) is 38.7 Å². The van der Waals surface area contributed by atoms with Crippen LogP contribution in [0.15, 0.2) is 0 Å². The van der Waals surface area contributed by atoms with Gasteiger partial charge in [-0.15, -0.1) is 23.2 Å². The maximum atomic E-state index is 9.00. The molecule has 0 heterocycles. The molecule has 0 aromatic rings. The fourth-order valence-corrected chi connectivity index (χ4v) is 0.936. The van der Waals surface area contributed by atoms with Gasteiger partial charge in [-0.25, -0.2) is 0 Å². The average Bonchev–Trinajstić information content (AvgIpc) is 1.83. The van der Waals surface area contributed by atoms with Gasteiger partial charge in [0, 0.05) is 13.0 Å². The Labute approximate surface area is 89.4 Å². The number of hydrogen-bond donors (Lipinski definition) is 2. The molecule has 3 nitrogen and oxygen atoms in total. The molecule has 0 spiro atoms. The monoisotopic (exact) mass is 229 g/mol. The first-order valence-electron chi connectivity index (χ1n) is 3.93. The van der Waals surface area contributed by atoms with E-state index in [4.69, 9.17) is 33.1 Å². The second-order valence-corrected chi connectivity index (χ2v) is 4.25. The number of rotatable bonds is 3. The molecular formula is C8H17Cl2NO2. The van der Waals surface area contributed by atoms with Gasteiger partial charge in [-0.2, -0.15) is 0 Å². The summed E-state index contributed by atoms with van der Waals surface area (Å²) in [6.07, 6.45) is 0.